The topological polar surface area (TPSA) is 204 Å². The van der Waals surface area contributed by atoms with Gasteiger partial charge in [0.25, 0.3) is 0 Å². The fourth-order valence-electron chi connectivity index (χ4n) is 3.83. The van der Waals surface area contributed by atoms with Crippen LogP contribution in [0.25, 0.3) is 10.9 Å². The molecule has 1 aromatic carbocycles. The van der Waals surface area contributed by atoms with E-state index in [-0.39, 0.29) is 19.3 Å². The van der Waals surface area contributed by atoms with Crippen LogP contribution in [-0.4, -0.2) is 93.0 Å². The zero-order valence-electron chi connectivity index (χ0n) is 21.8. The van der Waals surface area contributed by atoms with Crippen molar-refractivity contribution in [3.63, 3.8) is 0 Å². The number of thioether (sulfide) groups is 2. The van der Waals surface area contributed by atoms with Crippen molar-refractivity contribution >= 4 is 64.1 Å². The van der Waals surface area contributed by atoms with Gasteiger partial charge in [0.1, 0.15) is 18.1 Å². The van der Waals surface area contributed by atoms with Gasteiger partial charge in [-0.1, -0.05) is 18.2 Å². The van der Waals surface area contributed by atoms with Gasteiger partial charge in [0.15, 0.2) is 0 Å². The summed E-state index contributed by atoms with van der Waals surface area (Å²) >= 11 is 2.90. The van der Waals surface area contributed by atoms with Crippen LogP contribution >= 0.6 is 23.5 Å². The standard InChI is InChI=1S/C25H35N5O7S2/c1-38-9-7-18(23(34)29-19(25(36)37)8-10-39-2)28-24(35)20(30-22(33)16(26)12-21(31)32)11-14-13-27-17-6-4-3-5-15(14)17/h3-6,13,16,18-20,27H,7-12,26H2,1-2H3,(H,28,35)(H,29,34)(H,30,33)(H,31,32)(H,36,37). The normalized spacial score (nSPS) is 14.1. The predicted molar refractivity (Wildman–Crippen MR) is 152 cm³/mol. The number of nitrogens with two attached hydrogens (primary N) is 1. The van der Waals surface area contributed by atoms with E-state index in [9.17, 15) is 29.1 Å². The Kier molecular flexibility index (Phi) is 13.1. The van der Waals surface area contributed by atoms with Crippen molar-refractivity contribution in [3.05, 3.63) is 36.0 Å². The number of aromatic nitrogens is 1. The summed E-state index contributed by atoms with van der Waals surface area (Å²) in [4.78, 5) is 64.9. The lowest BCUT2D eigenvalue weighted by Gasteiger charge is -2.25. The number of carboxylic acid groups (broad SMARTS) is 2. The molecule has 0 fully saturated rings. The molecule has 214 valence electrons. The number of carboxylic acids is 2. The average Bonchev–Trinajstić information content (AvgIpc) is 3.30. The van der Waals surface area contributed by atoms with Crippen molar-refractivity contribution in [1.82, 2.24) is 20.9 Å². The second-order valence-corrected chi connectivity index (χ2v) is 10.8. The van der Waals surface area contributed by atoms with E-state index in [1.54, 1.807) is 6.20 Å². The SMILES string of the molecule is CSCCC(NC(=O)C(CCSC)NC(=O)C(Cc1c[nH]c2ccccc12)NC(=O)C(N)CC(=O)O)C(=O)O. The summed E-state index contributed by atoms with van der Waals surface area (Å²) in [5.74, 6) is -3.58. The molecule has 4 atom stereocenters. The second kappa shape index (κ2) is 16.0. The van der Waals surface area contributed by atoms with Crippen LogP contribution in [0.2, 0.25) is 0 Å². The molecule has 0 aliphatic heterocycles. The van der Waals surface area contributed by atoms with Gasteiger partial charge in [0.2, 0.25) is 17.7 Å². The highest BCUT2D eigenvalue weighted by molar-refractivity contribution is 7.98. The van der Waals surface area contributed by atoms with E-state index < -0.39 is 60.2 Å². The third-order valence-corrected chi connectivity index (χ3v) is 7.22. The average molecular weight is 582 g/mol. The predicted octanol–water partition coefficient (Wildman–Crippen LogP) is 0.558. The molecular formula is C25H35N5O7S2. The fraction of sp³-hybridized carbons (Fsp3) is 0.480. The van der Waals surface area contributed by atoms with Gasteiger partial charge < -0.3 is 36.9 Å². The first kappa shape index (κ1) is 32.0. The van der Waals surface area contributed by atoms with Crippen LogP contribution in [0.15, 0.2) is 30.5 Å². The highest BCUT2D eigenvalue weighted by Crippen LogP contribution is 2.19. The minimum Gasteiger partial charge on any atom is -0.481 e. The Morgan fingerprint density at radius 1 is 0.872 bits per heavy atom. The van der Waals surface area contributed by atoms with Gasteiger partial charge in [-0.2, -0.15) is 23.5 Å². The lowest BCUT2D eigenvalue weighted by Crippen LogP contribution is -2.57. The summed E-state index contributed by atoms with van der Waals surface area (Å²) in [7, 11) is 0. The lowest BCUT2D eigenvalue weighted by molar-refractivity contribution is -0.142. The number of hydrogen-bond donors (Lipinski definition) is 7. The number of para-hydroxylation sites is 1. The lowest BCUT2D eigenvalue weighted by atomic mass is 10.0. The van der Waals surface area contributed by atoms with Crippen LogP contribution in [0.1, 0.15) is 24.8 Å². The fourth-order valence-corrected chi connectivity index (χ4v) is 4.77. The molecule has 14 heteroatoms. The summed E-state index contributed by atoms with van der Waals surface area (Å²) in [5.41, 5.74) is 7.25. The molecule has 39 heavy (non-hydrogen) atoms. The van der Waals surface area contributed by atoms with Gasteiger partial charge >= 0.3 is 11.9 Å². The molecule has 0 radical (unpaired) electrons. The Hall–Kier alpha value is -3.23. The van der Waals surface area contributed by atoms with Crippen molar-refractivity contribution in [2.75, 3.05) is 24.0 Å². The Bertz CT molecular complexity index is 1160. The number of carbonyl (C=O) groups excluding carboxylic acids is 3. The molecule has 4 unspecified atom stereocenters. The molecule has 12 nitrogen and oxygen atoms in total. The summed E-state index contributed by atoms with van der Waals surface area (Å²) in [6, 6.07) is 2.63. The number of aliphatic carboxylic acids is 2. The van der Waals surface area contributed by atoms with Crippen LogP contribution in [0.4, 0.5) is 0 Å². The molecule has 2 aromatic rings. The van der Waals surface area contributed by atoms with Crippen LogP contribution < -0.4 is 21.7 Å². The Labute approximate surface area is 234 Å². The minimum atomic E-state index is -1.39. The van der Waals surface area contributed by atoms with E-state index in [4.69, 9.17) is 10.8 Å². The number of amides is 3. The zero-order chi connectivity index (χ0) is 28.9. The first-order valence-corrected chi connectivity index (χ1v) is 15.0. The van der Waals surface area contributed by atoms with Crippen molar-refractivity contribution < 1.29 is 34.2 Å². The largest absolute Gasteiger partial charge is 0.481 e. The zero-order valence-corrected chi connectivity index (χ0v) is 23.4. The highest BCUT2D eigenvalue weighted by Gasteiger charge is 2.31. The number of aromatic amines is 1. The quantitative estimate of drug-likeness (QED) is 0.138. The van der Waals surface area contributed by atoms with E-state index in [1.165, 1.54) is 23.5 Å². The maximum Gasteiger partial charge on any atom is 0.326 e. The number of hydrogen-bond acceptors (Lipinski definition) is 8. The number of carbonyl (C=O) groups is 5. The molecule has 1 heterocycles. The first-order chi connectivity index (χ1) is 18.6. The van der Waals surface area contributed by atoms with Crippen molar-refractivity contribution in [1.29, 1.82) is 0 Å². The molecule has 2 rings (SSSR count). The molecule has 1 aromatic heterocycles. The number of nitrogens with one attached hydrogen (secondary N) is 4. The number of rotatable bonds is 17. The maximum absolute atomic E-state index is 13.5. The van der Waals surface area contributed by atoms with Crippen molar-refractivity contribution in [2.45, 2.75) is 49.9 Å². The smallest absolute Gasteiger partial charge is 0.326 e. The van der Waals surface area contributed by atoms with Gasteiger partial charge in [-0.05, 0) is 48.5 Å². The Morgan fingerprint density at radius 3 is 2.05 bits per heavy atom. The summed E-state index contributed by atoms with van der Waals surface area (Å²) in [6.45, 7) is 0. The first-order valence-electron chi connectivity index (χ1n) is 12.2. The van der Waals surface area contributed by atoms with Crippen molar-refractivity contribution in [2.24, 2.45) is 5.73 Å². The summed E-state index contributed by atoms with van der Waals surface area (Å²) < 4.78 is 0. The Morgan fingerprint density at radius 2 is 1.44 bits per heavy atom. The van der Waals surface area contributed by atoms with Crippen LogP contribution in [-0.2, 0) is 30.4 Å². The minimum absolute atomic E-state index is 0.0315. The van der Waals surface area contributed by atoms with E-state index in [0.717, 1.165) is 10.9 Å². The van der Waals surface area contributed by atoms with Gasteiger partial charge in [-0.25, -0.2) is 4.79 Å². The second-order valence-electron chi connectivity index (χ2n) is 8.85. The molecular weight excluding hydrogens is 546 g/mol. The van der Waals surface area contributed by atoms with Gasteiger partial charge in [0, 0.05) is 23.5 Å². The third-order valence-electron chi connectivity index (χ3n) is 5.93. The summed E-state index contributed by atoms with van der Waals surface area (Å²) in [5, 5.41) is 27.0. The molecule has 0 aliphatic rings. The summed E-state index contributed by atoms with van der Waals surface area (Å²) in [6.07, 6.45) is 5.20. The van der Waals surface area contributed by atoms with E-state index in [1.807, 2.05) is 36.8 Å². The van der Waals surface area contributed by atoms with E-state index >= 15 is 0 Å². The van der Waals surface area contributed by atoms with Gasteiger partial charge in [-0.15, -0.1) is 0 Å². The van der Waals surface area contributed by atoms with E-state index in [2.05, 4.69) is 20.9 Å². The molecule has 0 saturated heterocycles. The molecule has 3 amide bonds. The van der Waals surface area contributed by atoms with Crippen LogP contribution in [0.5, 0.6) is 0 Å². The van der Waals surface area contributed by atoms with Crippen LogP contribution in [0.3, 0.4) is 0 Å². The molecule has 0 aliphatic carbocycles. The molecule has 0 saturated carbocycles. The molecule has 0 spiro atoms. The van der Waals surface area contributed by atoms with Crippen LogP contribution in [0, 0.1) is 0 Å². The number of benzene rings is 1. The van der Waals surface area contributed by atoms with E-state index in [0.29, 0.717) is 17.1 Å². The van der Waals surface area contributed by atoms with Gasteiger partial charge in [0.05, 0.1) is 12.5 Å². The highest BCUT2D eigenvalue weighted by atomic mass is 32.2. The number of fused-ring (bicyclic) bond motifs is 1. The Balaban J connectivity index is 2.28. The number of H-pyrrole nitrogens is 1. The van der Waals surface area contributed by atoms with Crippen molar-refractivity contribution in [3.8, 4) is 0 Å². The third kappa shape index (κ3) is 10.1. The molecule has 0 bridgehead atoms. The molecule has 8 N–H and O–H groups in total. The monoisotopic (exact) mass is 581 g/mol. The van der Waals surface area contributed by atoms with Gasteiger partial charge in [-0.3, -0.25) is 19.2 Å². The maximum atomic E-state index is 13.5.